The molecule has 1 aliphatic rings. The molecule has 0 aliphatic carbocycles. The average Bonchev–Trinajstić information content (AvgIpc) is 3.41. The van der Waals surface area contributed by atoms with Crippen molar-refractivity contribution in [3.8, 4) is 11.3 Å². The monoisotopic (exact) mass is 533 g/mol. The van der Waals surface area contributed by atoms with E-state index >= 15 is 0 Å². The van der Waals surface area contributed by atoms with Crippen molar-refractivity contribution >= 4 is 33.6 Å². The zero-order valence-electron chi connectivity index (χ0n) is 23.4. The molecule has 0 saturated carbocycles. The predicted molar refractivity (Wildman–Crippen MR) is 159 cm³/mol. The second kappa shape index (κ2) is 11.1. The first-order valence-corrected chi connectivity index (χ1v) is 14.3. The minimum atomic E-state index is -0.117. The van der Waals surface area contributed by atoms with E-state index in [1.165, 1.54) is 5.39 Å². The van der Waals surface area contributed by atoms with Crippen molar-refractivity contribution in [3.05, 3.63) is 84.2 Å². The molecular formula is C33H35N5O2. The van der Waals surface area contributed by atoms with Crippen LogP contribution in [0.4, 0.5) is 5.82 Å². The molecule has 3 aromatic carbocycles. The smallest absolute Gasteiger partial charge is 0.263 e. The molecular weight excluding hydrogens is 498 g/mol. The molecule has 1 aliphatic heterocycles. The number of anilines is 1. The third-order valence-electron chi connectivity index (χ3n) is 7.78. The van der Waals surface area contributed by atoms with Crippen LogP contribution in [0.5, 0.6) is 0 Å². The summed E-state index contributed by atoms with van der Waals surface area (Å²) < 4.78 is 5.83. The highest BCUT2D eigenvalue weighted by atomic mass is 16.5. The molecule has 6 rings (SSSR count). The second-order valence-corrected chi connectivity index (χ2v) is 11.0. The molecule has 7 nitrogen and oxygen atoms in total. The van der Waals surface area contributed by atoms with Gasteiger partial charge in [-0.3, -0.25) is 4.79 Å². The Morgan fingerprint density at radius 2 is 1.62 bits per heavy atom. The number of rotatable bonds is 7. The molecule has 0 radical (unpaired) electrons. The lowest BCUT2D eigenvalue weighted by molar-refractivity contribution is -0.133. The topological polar surface area (TPSA) is 75.4 Å². The Morgan fingerprint density at radius 1 is 0.900 bits per heavy atom. The average molecular weight is 534 g/mol. The van der Waals surface area contributed by atoms with Gasteiger partial charge in [-0.05, 0) is 34.7 Å². The van der Waals surface area contributed by atoms with Gasteiger partial charge in [0.15, 0.2) is 0 Å². The van der Waals surface area contributed by atoms with Crippen LogP contribution in [-0.2, 0) is 11.2 Å². The molecule has 1 amide bonds. The Labute approximate surface area is 234 Å². The lowest BCUT2D eigenvalue weighted by Gasteiger charge is -2.37. The number of carbonyl (C=O) groups excluding carboxylic acids is 1. The summed E-state index contributed by atoms with van der Waals surface area (Å²) in [6.07, 6.45) is 1.53. The summed E-state index contributed by atoms with van der Waals surface area (Å²) in [4.78, 5) is 27.6. The van der Waals surface area contributed by atoms with Crippen LogP contribution in [0.15, 0.2) is 77.3 Å². The van der Waals surface area contributed by atoms with Crippen LogP contribution in [0.2, 0.25) is 0 Å². The largest absolute Gasteiger partial charge is 0.352 e. The first-order valence-electron chi connectivity index (χ1n) is 14.3. The molecule has 0 bridgehead atoms. The number of nitrogens with zero attached hydrogens (tertiary/aromatic N) is 5. The van der Waals surface area contributed by atoms with Crippen molar-refractivity contribution < 1.29 is 9.32 Å². The van der Waals surface area contributed by atoms with Gasteiger partial charge in [-0.15, -0.1) is 0 Å². The van der Waals surface area contributed by atoms with Crippen LogP contribution in [-0.4, -0.2) is 52.1 Å². The lowest BCUT2D eigenvalue weighted by atomic mass is 9.95. The maximum absolute atomic E-state index is 13.5. The standard InChI is InChI=1S/C33H35N5O2/c1-4-27(24-11-6-5-7-12-24)33(39)38-18-16-37(17-19-38)31-29-30(26-15-14-23-10-8-9-13-25(23)21-26)36-40-32(29)35-28(34-31)20-22(2)3/h5-15,21-22,27H,4,16-20H2,1-3H3. The van der Waals surface area contributed by atoms with Crippen molar-refractivity contribution in [3.63, 3.8) is 0 Å². The van der Waals surface area contributed by atoms with Crippen LogP contribution in [0, 0.1) is 5.92 Å². The number of benzene rings is 3. The van der Waals surface area contributed by atoms with Crippen LogP contribution in [0.3, 0.4) is 0 Å². The maximum Gasteiger partial charge on any atom is 0.263 e. The molecule has 1 unspecified atom stereocenters. The quantitative estimate of drug-likeness (QED) is 0.238. The molecule has 2 aromatic heterocycles. The molecule has 40 heavy (non-hydrogen) atoms. The van der Waals surface area contributed by atoms with E-state index in [0.717, 1.165) is 52.1 Å². The van der Waals surface area contributed by atoms with Gasteiger partial charge in [-0.25, -0.2) is 4.98 Å². The number of hydrogen-bond acceptors (Lipinski definition) is 6. The van der Waals surface area contributed by atoms with Crippen LogP contribution in [0.1, 0.15) is 44.5 Å². The Hall–Kier alpha value is -4.26. The fraction of sp³-hybridized carbons (Fsp3) is 0.333. The summed E-state index contributed by atoms with van der Waals surface area (Å²) in [7, 11) is 0. The maximum atomic E-state index is 13.5. The summed E-state index contributed by atoms with van der Waals surface area (Å²) >= 11 is 0. The molecule has 1 saturated heterocycles. The first kappa shape index (κ1) is 26.0. The highest BCUT2D eigenvalue weighted by molar-refractivity contribution is 6.00. The van der Waals surface area contributed by atoms with E-state index in [0.29, 0.717) is 37.8 Å². The minimum Gasteiger partial charge on any atom is -0.352 e. The van der Waals surface area contributed by atoms with Crippen LogP contribution >= 0.6 is 0 Å². The zero-order valence-corrected chi connectivity index (χ0v) is 23.4. The number of fused-ring (bicyclic) bond motifs is 2. The molecule has 1 atom stereocenters. The van der Waals surface area contributed by atoms with Gasteiger partial charge in [0.05, 0.1) is 5.92 Å². The summed E-state index contributed by atoms with van der Waals surface area (Å²) in [5.74, 6) is 2.09. The highest BCUT2D eigenvalue weighted by Crippen LogP contribution is 2.36. The zero-order chi connectivity index (χ0) is 27.6. The van der Waals surface area contributed by atoms with E-state index in [2.05, 4.69) is 73.3 Å². The predicted octanol–water partition coefficient (Wildman–Crippen LogP) is 6.48. The number of amides is 1. The molecule has 204 valence electrons. The van der Waals surface area contributed by atoms with Gasteiger partial charge in [0, 0.05) is 38.2 Å². The Kier molecular flexibility index (Phi) is 7.20. The minimum absolute atomic E-state index is 0.117. The highest BCUT2D eigenvalue weighted by Gasteiger charge is 2.30. The number of hydrogen-bond donors (Lipinski definition) is 0. The van der Waals surface area contributed by atoms with Crippen molar-refractivity contribution in [2.24, 2.45) is 5.92 Å². The van der Waals surface area contributed by atoms with E-state index < -0.39 is 0 Å². The Morgan fingerprint density at radius 3 is 2.35 bits per heavy atom. The fourth-order valence-corrected chi connectivity index (χ4v) is 5.70. The lowest BCUT2D eigenvalue weighted by Crippen LogP contribution is -2.50. The first-order chi connectivity index (χ1) is 19.5. The summed E-state index contributed by atoms with van der Waals surface area (Å²) in [5, 5.41) is 7.64. The van der Waals surface area contributed by atoms with Crippen molar-refractivity contribution in [1.82, 2.24) is 20.0 Å². The van der Waals surface area contributed by atoms with Gasteiger partial charge < -0.3 is 14.3 Å². The Bertz CT molecular complexity index is 1640. The third kappa shape index (κ3) is 5.04. The SMILES string of the molecule is CCC(C(=O)N1CCN(c2nc(CC(C)C)nc3onc(-c4ccc5ccccc5c4)c23)CC1)c1ccccc1. The van der Waals surface area contributed by atoms with E-state index in [1.807, 2.05) is 35.2 Å². The normalized spacial score (nSPS) is 14.8. The molecule has 5 aromatic rings. The van der Waals surface area contributed by atoms with E-state index in [-0.39, 0.29) is 11.8 Å². The fourth-order valence-electron chi connectivity index (χ4n) is 5.70. The number of carbonyl (C=O) groups is 1. The Balaban J connectivity index is 1.32. The third-order valence-corrected chi connectivity index (χ3v) is 7.78. The van der Waals surface area contributed by atoms with Crippen LogP contribution < -0.4 is 4.90 Å². The van der Waals surface area contributed by atoms with E-state index in [1.54, 1.807) is 0 Å². The molecule has 3 heterocycles. The van der Waals surface area contributed by atoms with Gasteiger partial charge >= 0.3 is 0 Å². The summed E-state index contributed by atoms with van der Waals surface area (Å²) in [6, 6.07) is 24.7. The number of aromatic nitrogens is 3. The van der Waals surface area contributed by atoms with Crippen LogP contribution in [0.25, 0.3) is 33.1 Å². The molecule has 7 heteroatoms. The van der Waals surface area contributed by atoms with Crippen molar-refractivity contribution in [2.45, 2.75) is 39.5 Å². The van der Waals surface area contributed by atoms with E-state index in [9.17, 15) is 4.79 Å². The molecule has 0 spiro atoms. The van der Waals surface area contributed by atoms with Crippen molar-refractivity contribution in [2.75, 3.05) is 31.1 Å². The van der Waals surface area contributed by atoms with Gasteiger partial charge in [0.2, 0.25) is 5.91 Å². The van der Waals surface area contributed by atoms with Gasteiger partial charge in [0.25, 0.3) is 5.71 Å². The van der Waals surface area contributed by atoms with Gasteiger partial charge in [-0.1, -0.05) is 92.7 Å². The molecule has 0 N–H and O–H groups in total. The van der Waals surface area contributed by atoms with E-state index in [4.69, 9.17) is 14.5 Å². The van der Waals surface area contributed by atoms with Gasteiger partial charge in [-0.2, -0.15) is 4.98 Å². The summed E-state index contributed by atoms with van der Waals surface area (Å²) in [5.41, 5.74) is 3.32. The summed E-state index contributed by atoms with van der Waals surface area (Å²) in [6.45, 7) is 9.07. The number of piperazine rings is 1. The van der Waals surface area contributed by atoms with Gasteiger partial charge in [0.1, 0.15) is 22.7 Å². The second-order valence-electron chi connectivity index (χ2n) is 11.0. The van der Waals surface area contributed by atoms with Crippen molar-refractivity contribution in [1.29, 1.82) is 0 Å². The molecule has 1 fully saturated rings.